The molecule has 0 aromatic heterocycles. The fourth-order valence-corrected chi connectivity index (χ4v) is 3.55. The van der Waals surface area contributed by atoms with Crippen LogP contribution in [0.3, 0.4) is 0 Å². The number of hydrogen-bond donors (Lipinski definition) is 2. The summed E-state index contributed by atoms with van der Waals surface area (Å²) in [5.74, 6) is 0.934. The van der Waals surface area contributed by atoms with Crippen molar-refractivity contribution >= 4 is 15.8 Å². The molecule has 7 heteroatoms. The second-order valence-electron chi connectivity index (χ2n) is 6.38. The number of nitrogens with zero attached hydrogens (tertiary/aromatic N) is 2. The second-order valence-corrected chi connectivity index (χ2v) is 8.64. The standard InChI is InChI=1S/C15H32N4O2S/c1-13(9-12-22(4,20)21)18-15(16-2)17-10-11-19(3)14-7-5-6-8-14/h13-14H,5-12H2,1-4H3,(H2,16,17,18). The molecule has 1 saturated carbocycles. The predicted molar refractivity (Wildman–Crippen MR) is 93.2 cm³/mol. The summed E-state index contributed by atoms with van der Waals surface area (Å²) in [6.07, 6.45) is 7.18. The summed E-state index contributed by atoms with van der Waals surface area (Å²) in [7, 11) is 1.01. The van der Waals surface area contributed by atoms with Crippen molar-refractivity contribution in [2.24, 2.45) is 4.99 Å². The van der Waals surface area contributed by atoms with Crippen molar-refractivity contribution in [1.82, 2.24) is 15.5 Å². The molecule has 1 aliphatic rings. The molecule has 1 aliphatic carbocycles. The van der Waals surface area contributed by atoms with Crippen molar-refractivity contribution in [3.8, 4) is 0 Å². The van der Waals surface area contributed by atoms with Crippen molar-refractivity contribution in [1.29, 1.82) is 0 Å². The molecule has 1 rings (SSSR count). The molecule has 0 amide bonds. The van der Waals surface area contributed by atoms with Crippen molar-refractivity contribution in [3.63, 3.8) is 0 Å². The van der Waals surface area contributed by atoms with Crippen LogP contribution in [0, 0.1) is 0 Å². The van der Waals surface area contributed by atoms with Crippen molar-refractivity contribution in [2.45, 2.75) is 51.1 Å². The predicted octanol–water partition coefficient (Wildman–Crippen LogP) is 0.849. The molecular formula is C15H32N4O2S. The van der Waals surface area contributed by atoms with Gasteiger partial charge < -0.3 is 15.5 Å². The summed E-state index contributed by atoms with van der Waals surface area (Å²) >= 11 is 0. The van der Waals surface area contributed by atoms with Crippen LogP contribution in [0.4, 0.5) is 0 Å². The minimum atomic E-state index is -2.91. The minimum Gasteiger partial charge on any atom is -0.355 e. The zero-order chi connectivity index (χ0) is 16.6. The monoisotopic (exact) mass is 332 g/mol. The Labute approximate surface area is 135 Å². The maximum absolute atomic E-state index is 11.2. The first kappa shape index (κ1) is 19.2. The molecule has 2 N–H and O–H groups in total. The Hall–Kier alpha value is -0.820. The average Bonchev–Trinajstić information content (AvgIpc) is 2.97. The van der Waals surface area contributed by atoms with Gasteiger partial charge in [0, 0.05) is 38.5 Å². The summed E-state index contributed by atoms with van der Waals surface area (Å²) in [6.45, 7) is 3.80. The molecular weight excluding hydrogens is 300 g/mol. The summed E-state index contributed by atoms with van der Waals surface area (Å²) in [4.78, 5) is 6.61. The van der Waals surface area contributed by atoms with Crippen LogP contribution in [-0.4, -0.2) is 70.6 Å². The Morgan fingerprint density at radius 2 is 2.00 bits per heavy atom. The van der Waals surface area contributed by atoms with Gasteiger partial charge in [0.15, 0.2) is 5.96 Å². The molecule has 22 heavy (non-hydrogen) atoms. The highest BCUT2D eigenvalue weighted by Gasteiger charge is 2.19. The first-order valence-corrected chi connectivity index (χ1v) is 10.2. The molecule has 0 aromatic rings. The highest BCUT2D eigenvalue weighted by Crippen LogP contribution is 2.21. The number of hydrogen-bond acceptors (Lipinski definition) is 4. The van der Waals surface area contributed by atoms with E-state index in [-0.39, 0.29) is 11.8 Å². The van der Waals surface area contributed by atoms with Crippen LogP contribution >= 0.6 is 0 Å². The third-order valence-corrected chi connectivity index (χ3v) is 5.21. The van der Waals surface area contributed by atoms with Gasteiger partial charge in [-0.1, -0.05) is 12.8 Å². The first-order valence-electron chi connectivity index (χ1n) is 8.17. The van der Waals surface area contributed by atoms with Gasteiger partial charge in [-0.15, -0.1) is 0 Å². The first-order chi connectivity index (χ1) is 10.3. The molecule has 0 heterocycles. The van der Waals surface area contributed by atoms with E-state index < -0.39 is 9.84 Å². The number of nitrogens with one attached hydrogen (secondary N) is 2. The van der Waals surface area contributed by atoms with Gasteiger partial charge in [-0.05, 0) is 33.2 Å². The van der Waals surface area contributed by atoms with Gasteiger partial charge >= 0.3 is 0 Å². The minimum absolute atomic E-state index is 0.0773. The zero-order valence-corrected chi connectivity index (χ0v) is 15.2. The number of rotatable bonds is 8. The van der Waals surface area contributed by atoms with Crippen LogP contribution in [-0.2, 0) is 9.84 Å². The summed E-state index contributed by atoms with van der Waals surface area (Å²) < 4.78 is 22.4. The molecule has 6 nitrogen and oxygen atoms in total. The lowest BCUT2D eigenvalue weighted by Gasteiger charge is -2.25. The zero-order valence-electron chi connectivity index (χ0n) is 14.4. The van der Waals surface area contributed by atoms with Crippen LogP contribution in [0.2, 0.25) is 0 Å². The Bertz CT molecular complexity index is 444. The van der Waals surface area contributed by atoms with Crippen molar-refractivity contribution < 1.29 is 8.42 Å². The number of aliphatic imine (C=N–C) groups is 1. The van der Waals surface area contributed by atoms with Gasteiger partial charge in [-0.2, -0.15) is 0 Å². The quantitative estimate of drug-likeness (QED) is 0.509. The van der Waals surface area contributed by atoms with E-state index in [1.807, 2.05) is 6.92 Å². The van der Waals surface area contributed by atoms with Crippen LogP contribution in [0.25, 0.3) is 0 Å². The number of sulfone groups is 1. The lowest BCUT2D eigenvalue weighted by molar-refractivity contribution is 0.249. The fraction of sp³-hybridized carbons (Fsp3) is 0.933. The molecule has 1 fully saturated rings. The van der Waals surface area contributed by atoms with Crippen LogP contribution < -0.4 is 10.6 Å². The van der Waals surface area contributed by atoms with E-state index in [0.29, 0.717) is 6.42 Å². The normalized spacial score (nSPS) is 18.7. The second kappa shape index (κ2) is 9.35. The fourth-order valence-electron chi connectivity index (χ4n) is 2.77. The van der Waals surface area contributed by atoms with E-state index in [2.05, 4.69) is 27.6 Å². The highest BCUT2D eigenvalue weighted by atomic mass is 32.2. The average molecular weight is 333 g/mol. The smallest absolute Gasteiger partial charge is 0.191 e. The Kier molecular flexibility index (Phi) is 8.17. The van der Waals surface area contributed by atoms with Crippen LogP contribution in [0.1, 0.15) is 39.0 Å². The molecule has 0 aromatic carbocycles. The lowest BCUT2D eigenvalue weighted by Crippen LogP contribution is -2.45. The van der Waals surface area contributed by atoms with Crippen molar-refractivity contribution in [3.05, 3.63) is 0 Å². The van der Waals surface area contributed by atoms with Crippen LogP contribution in [0.15, 0.2) is 4.99 Å². The largest absolute Gasteiger partial charge is 0.355 e. The number of likely N-dealkylation sites (N-methyl/N-ethyl adjacent to an activating group) is 1. The van der Waals surface area contributed by atoms with Gasteiger partial charge in [-0.25, -0.2) is 8.42 Å². The van der Waals surface area contributed by atoms with E-state index in [0.717, 1.165) is 25.1 Å². The van der Waals surface area contributed by atoms with Gasteiger partial charge in [0.05, 0.1) is 5.75 Å². The van der Waals surface area contributed by atoms with Gasteiger partial charge in [0.1, 0.15) is 9.84 Å². The van der Waals surface area contributed by atoms with E-state index in [1.54, 1.807) is 7.05 Å². The molecule has 0 radical (unpaired) electrons. The molecule has 0 saturated heterocycles. The Morgan fingerprint density at radius 3 is 2.55 bits per heavy atom. The van der Waals surface area contributed by atoms with Gasteiger partial charge in [0.2, 0.25) is 0 Å². The summed E-state index contributed by atoms with van der Waals surface area (Å²) in [6, 6.07) is 0.805. The lowest BCUT2D eigenvalue weighted by atomic mass is 10.2. The third-order valence-electron chi connectivity index (χ3n) is 4.23. The molecule has 0 spiro atoms. The van der Waals surface area contributed by atoms with Gasteiger partial charge in [-0.3, -0.25) is 4.99 Å². The highest BCUT2D eigenvalue weighted by molar-refractivity contribution is 7.90. The van der Waals surface area contributed by atoms with Crippen molar-refractivity contribution in [2.75, 3.05) is 39.2 Å². The molecule has 130 valence electrons. The van der Waals surface area contributed by atoms with E-state index in [1.165, 1.54) is 31.9 Å². The van der Waals surface area contributed by atoms with Gasteiger partial charge in [0.25, 0.3) is 0 Å². The number of guanidine groups is 1. The maximum atomic E-state index is 11.2. The van der Waals surface area contributed by atoms with E-state index in [4.69, 9.17) is 0 Å². The summed E-state index contributed by atoms with van der Waals surface area (Å²) in [5.41, 5.74) is 0. The topological polar surface area (TPSA) is 73.8 Å². The summed E-state index contributed by atoms with van der Waals surface area (Å²) in [5, 5.41) is 6.54. The maximum Gasteiger partial charge on any atom is 0.191 e. The molecule has 0 bridgehead atoms. The third kappa shape index (κ3) is 7.98. The molecule has 0 aliphatic heterocycles. The van der Waals surface area contributed by atoms with E-state index in [9.17, 15) is 8.42 Å². The Balaban J connectivity index is 2.24. The molecule has 1 unspecified atom stereocenters. The SMILES string of the molecule is CN=C(NCCN(C)C1CCCC1)NC(C)CCS(C)(=O)=O. The van der Waals surface area contributed by atoms with Crippen LogP contribution in [0.5, 0.6) is 0 Å². The molecule has 1 atom stereocenters. The van der Waals surface area contributed by atoms with E-state index >= 15 is 0 Å². The Morgan fingerprint density at radius 1 is 1.36 bits per heavy atom.